The van der Waals surface area contributed by atoms with Crippen LogP contribution in [0.25, 0.3) is 0 Å². The topological polar surface area (TPSA) is 75.7 Å². The van der Waals surface area contributed by atoms with E-state index in [-0.39, 0.29) is 6.54 Å². The summed E-state index contributed by atoms with van der Waals surface area (Å²) in [7, 11) is -3.67. The van der Waals surface area contributed by atoms with Crippen LogP contribution in [0.5, 0.6) is 5.75 Å². The predicted octanol–water partition coefficient (Wildman–Crippen LogP) is 3.21. The molecule has 0 fully saturated rings. The fraction of sp³-hybridized carbons (Fsp3) is 0.316. The summed E-state index contributed by atoms with van der Waals surface area (Å²) in [6.07, 6.45) is 1.07. The Morgan fingerprint density at radius 2 is 1.81 bits per heavy atom. The van der Waals surface area contributed by atoms with Crippen molar-refractivity contribution in [3.8, 4) is 5.75 Å². The van der Waals surface area contributed by atoms with Crippen molar-refractivity contribution in [2.45, 2.75) is 26.4 Å². The summed E-state index contributed by atoms with van der Waals surface area (Å²) >= 11 is 5.87. The Morgan fingerprint density at radius 3 is 2.41 bits per heavy atom. The summed E-state index contributed by atoms with van der Waals surface area (Å²) in [6, 6.07) is 12.7. The number of para-hydroxylation sites is 1. The Bertz CT molecular complexity index is 885. The molecule has 27 heavy (non-hydrogen) atoms. The van der Waals surface area contributed by atoms with Crippen LogP contribution in [0.3, 0.4) is 0 Å². The number of carbonyl (C=O) groups is 1. The molecule has 0 radical (unpaired) electrons. The smallest absolute Gasteiger partial charge is 0.243 e. The minimum atomic E-state index is -3.67. The van der Waals surface area contributed by atoms with E-state index in [4.69, 9.17) is 16.3 Å². The number of nitrogens with zero attached hydrogens (tertiary/aromatic N) is 1. The number of sulfonamides is 1. The molecule has 1 N–H and O–H groups in total. The van der Waals surface area contributed by atoms with Crippen LogP contribution in [0.4, 0.5) is 5.69 Å². The molecule has 0 saturated carbocycles. The quantitative estimate of drug-likeness (QED) is 0.725. The first-order valence-electron chi connectivity index (χ1n) is 8.47. The van der Waals surface area contributed by atoms with Gasteiger partial charge in [0.15, 0.2) is 0 Å². The van der Waals surface area contributed by atoms with E-state index < -0.39 is 22.0 Å². The molecule has 1 atom stereocenters. The highest BCUT2D eigenvalue weighted by Gasteiger charge is 2.29. The average molecular weight is 411 g/mol. The highest BCUT2D eigenvalue weighted by atomic mass is 35.5. The van der Waals surface area contributed by atoms with Crippen molar-refractivity contribution in [1.82, 2.24) is 5.32 Å². The standard InChI is InChI=1S/C19H23ClN2O4S/c1-4-26-18-8-6-5-7-15(18)13-21-19(23)14(2)22(27(3,24)25)17-11-9-16(20)10-12-17/h5-12,14H,4,13H2,1-3H3,(H,21,23)/t14-/m0/s1. The third-order valence-corrected chi connectivity index (χ3v) is 5.39. The molecular weight excluding hydrogens is 388 g/mol. The first-order chi connectivity index (χ1) is 12.7. The first kappa shape index (κ1) is 21.1. The van der Waals surface area contributed by atoms with Crippen LogP contribution < -0.4 is 14.4 Å². The second kappa shape index (κ2) is 9.10. The lowest BCUT2D eigenvalue weighted by molar-refractivity contribution is -0.122. The molecular formula is C19H23ClN2O4S. The number of halogens is 1. The Hall–Kier alpha value is -2.25. The van der Waals surface area contributed by atoms with Crippen LogP contribution in [-0.2, 0) is 21.4 Å². The highest BCUT2D eigenvalue weighted by molar-refractivity contribution is 7.92. The Kier molecular flexibility index (Phi) is 7.10. The van der Waals surface area contributed by atoms with Crippen LogP contribution in [-0.4, -0.2) is 33.2 Å². The molecule has 0 aliphatic carbocycles. The molecule has 0 bridgehead atoms. The van der Waals surface area contributed by atoms with Crippen molar-refractivity contribution in [1.29, 1.82) is 0 Å². The maximum Gasteiger partial charge on any atom is 0.243 e. The van der Waals surface area contributed by atoms with Crippen molar-refractivity contribution in [3.63, 3.8) is 0 Å². The normalized spacial score (nSPS) is 12.3. The molecule has 0 heterocycles. The van der Waals surface area contributed by atoms with Crippen molar-refractivity contribution < 1.29 is 17.9 Å². The van der Waals surface area contributed by atoms with E-state index in [0.717, 1.165) is 16.1 Å². The molecule has 2 aromatic carbocycles. The molecule has 0 aromatic heterocycles. The first-order valence-corrected chi connectivity index (χ1v) is 10.7. The van der Waals surface area contributed by atoms with Gasteiger partial charge in [-0.3, -0.25) is 9.10 Å². The van der Waals surface area contributed by atoms with Gasteiger partial charge in [-0.15, -0.1) is 0 Å². The van der Waals surface area contributed by atoms with E-state index in [9.17, 15) is 13.2 Å². The van der Waals surface area contributed by atoms with Crippen molar-refractivity contribution >= 4 is 33.2 Å². The zero-order valence-electron chi connectivity index (χ0n) is 15.5. The van der Waals surface area contributed by atoms with Gasteiger partial charge in [0.05, 0.1) is 18.6 Å². The number of hydrogen-bond donors (Lipinski definition) is 1. The molecule has 6 nitrogen and oxygen atoms in total. The number of nitrogens with one attached hydrogen (secondary N) is 1. The van der Waals surface area contributed by atoms with E-state index in [1.54, 1.807) is 31.2 Å². The third kappa shape index (κ3) is 5.61. The van der Waals surface area contributed by atoms with Gasteiger partial charge in [0.2, 0.25) is 15.9 Å². The van der Waals surface area contributed by atoms with Gasteiger partial charge in [-0.2, -0.15) is 0 Å². The van der Waals surface area contributed by atoms with E-state index in [2.05, 4.69) is 5.32 Å². The fourth-order valence-corrected chi connectivity index (χ4v) is 3.97. The summed E-state index contributed by atoms with van der Waals surface area (Å²) < 4.78 is 31.2. The molecule has 1 amide bonds. The van der Waals surface area contributed by atoms with Crippen LogP contribution in [0, 0.1) is 0 Å². The largest absolute Gasteiger partial charge is 0.494 e. The molecule has 0 unspecified atom stereocenters. The molecule has 0 aliphatic rings. The van der Waals surface area contributed by atoms with Crippen LogP contribution >= 0.6 is 11.6 Å². The lowest BCUT2D eigenvalue weighted by Crippen LogP contribution is -2.47. The lowest BCUT2D eigenvalue weighted by Gasteiger charge is -2.28. The summed E-state index contributed by atoms with van der Waals surface area (Å²) in [4.78, 5) is 12.6. The lowest BCUT2D eigenvalue weighted by atomic mass is 10.2. The second-order valence-corrected chi connectivity index (χ2v) is 8.27. The van der Waals surface area contributed by atoms with Gasteiger partial charge >= 0.3 is 0 Å². The van der Waals surface area contributed by atoms with Gasteiger partial charge in [0, 0.05) is 17.1 Å². The van der Waals surface area contributed by atoms with E-state index in [1.807, 2.05) is 31.2 Å². The summed E-state index contributed by atoms with van der Waals surface area (Å²) in [5, 5.41) is 3.26. The number of rotatable bonds is 8. The number of anilines is 1. The summed E-state index contributed by atoms with van der Waals surface area (Å²) in [5.41, 5.74) is 1.19. The molecule has 2 rings (SSSR count). The molecule has 0 aliphatic heterocycles. The number of ether oxygens (including phenoxy) is 1. The molecule has 0 saturated heterocycles. The molecule has 146 valence electrons. The van der Waals surface area contributed by atoms with Crippen molar-refractivity contribution in [2.24, 2.45) is 0 Å². The van der Waals surface area contributed by atoms with Gasteiger partial charge in [0.25, 0.3) is 0 Å². The number of benzene rings is 2. The van der Waals surface area contributed by atoms with Gasteiger partial charge in [-0.25, -0.2) is 8.42 Å². The van der Waals surface area contributed by atoms with E-state index in [0.29, 0.717) is 23.1 Å². The zero-order chi connectivity index (χ0) is 20.0. The van der Waals surface area contributed by atoms with Crippen molar-refractivity contribution in [2.75, 3.05) is 17.2 Å². The number of amides is 1. The summed E-state index contributed by atoms with van der Waals surface area (Å²) in [5.74, 6) is 0.271. The number of carbonyl (C=O) groups excluding carboxylic acids is 1. The van der Waals surface area contributed by atoms with Crippen LogP contribution in [0.1, 0.15) is 19.4 Å². The molecule has 2 aromatic rings. The SMILES string of the molecule is CCOc1ccccc1CNC(=O)[C@H](C)N(c1ccc(Cl)cc1)S(C)(=O)=O. The second-order valence-electron chi connectivity index (χ2n) is 5.97. The Balaban J connectivity index is 2.17. The van der Waals surface area contributed by atoms with Crippen molar-refractivity contribution in [3.05, 3.63) is 59.1 Å². The number of hydrogen-bond acceptors (Lipinski definition) is 4. The molecule has 0 spiro atoms. The van der Waals surface area contributed by atoms with Gasteiger partial charge in [-0.05, 0) is 44.2 Å². The average Bonchev–Trinajstić information content (AvgIpc) is 2.61. The third-order valence-electron chi connectivity index (χ3n) is 3.90. The summed E-state index contributed by atoms with van der Waals surface area (Å²) in [6.45, 7) is 4.17. The highest BCUT2D eigenvalue weighted by Crippen LogP contribution is 2.23. The fourth-order valence-electron chi connectivity index (χ4n) is 2.67. The van der Waals surface area contributed by atoms with Crippen LogP contribution in [0.15, 0.2) is 48.5 Å². The molecule has 8 heteroatoms. The van der Waals surface area contributed by atoms with Crippen LogP contribution in [0.2, 0.25) is 5.02 Å². The van der Waals surface area contributed by atoms with E-state index >= 15 is 0 Å². The zero-order valence-corrected chi connectivity index (χ0v) is 17.0. The Morgan fingerprint density at radius 1 is 1.19 bits per heavy atom. The van der Waals surface area contributed by atoms with E-state index in [1.165, 1.54) is 0 Å². The minimum absolute atomic E-state index is 0.234. The predicted molar refractivity (Wildman–Crippen MR) is 108 cm³/mol. The van der Waals surface area contributed by atoms with Gasteiger partial charge in [0.1, 0.15) is 11.8 Å². The van der Waals surface area contributed by atoms with Gasteiger partial charge in [-0.1, -0.05) is 29.8 Å². The van der Waals surface area contributed by atoms with Gasteiger partial charge < -0.3 is 10.1 Å². The maximum absolute atomic E-state index is 12.6. The Labute approximate surface area is 165 Å². The maximum atomic E-state index is 12.6. The monoisotopic (exact) mass is 410 g/mol. The minimum Gasteiger partial charge on any atom is -0.494 e.